The fourth-order valence-corrected chi connectivity index (χ4v) is 2.60. The first-order valence-corrected chi connectivity index (χ1v) is 8.21. The Morgan fingerprint density at radius 2 is 1.78 bits per heavy atom. The first-order valence-electron chi connectivity index (χ1n) is 8.21. The molecule has 5 heteroatoms. The molecule has 0 unspecified atom stereocenters. The lowest BCUT2D eigenvalue weighted by atomic mass is 10.0. The Hall–Kier alpha value is -1.88. The van der Waals surface area contributed by atoms with Crippen LogP contribution in [0.2, 0.25) is 0 Å². The van der Waals surface area contributed by atoms with Crippen LogP contribution in [0.4, 0.5) is 0 Å². The van der Waals surface area contributed by atoms with Gasteiger partial charge in [-0.15, -0.1) is 0 Å². The average Bonchev–Trinajstić information content (AvgIpc) is 3.32. The molecule has 1 aromatic carbocycles. The Kier molecular flexibility index (Phi) is 5.77. The summed E-state index contributed by atoms with van der Waals surface area (Å²) in [5.74, 6) is -0.274. The van der Waals surface area contributed by atoms with Gasteiger partial charge >= 0.3 is 0 Å². The molecule has 0 radical (unpaired) electrons. The maximum Gasteiger partial charge on any atom is 0.235 e. The van der Waals surface area contributed by atoms with Crippen molar-refractivity contribution in [2.75, 3.05) is 27.2 Å². The molecule has 0 aliphatic heterocycles. The van der Waals surface area contributed by atoms with Crippen LogP contribution in [-0.4, -0.2) is 43.9 Å². The van der Waals surface area contributed by atoms with Gasteiger partial charge in [-0.25, -0.2) is 0 Å². The van der Waals surface area contributed by atoms with Crippen molar-refractivity contribution in [1.29, 1.82) is 0 Å². The summed E-state index contributed by atoms with van der Waals surface area (Å²) < 4.78 is 0. The lowest BCUT2D eigenvalue weighted by Crippen LogP contribution is -2.43. The highest BCUT2D eigenvalue weighted by Crippen LogP contribution is 2.46. The molecule has 2 rings (SSSR count). The van der Waals surface area contributed by atoms with Gasteiger partial charge in [-0.1, -0.05) is 24.3 Å². The van der Waals surface area contributed by atoms with Crippen LogP contribution in [0.5, 0.6) is 0 Å². The highest BCUT2D eigenvalue weighted by Gasteiger charge is 2.56. The summed E-state index contributed by atoms with van der Waals surface area (Å²) in [5, 5.41) is 5.83. The minimum absolute atomic E-state index is 0.126. The van der Waals surface area contributed by atoms with E-state index in [0.29, 0.717) is 25.9 Å². The summed E-state index contributed by atoms with van der Waals surface area (Å²) in [7, 11) is 4.01. The third-order valence-corrected chi connectivity index (χ3v) is 4.39. The second-order valence-corrected chi connectivity index (χ2v) is 6.60. The van der Waals surface area contributed by atoms with Gasteiger partial charge in [-0.2, -0.15) is 0 Å². The number of rotatable bonds is 8. The number of hydrogen-bond donors (Lipinski definition) is 2. The van der Waals surface area contributed by atoms with Crippen molar-refractivity contribution < 1.29 is 9.59 Å². The Morgan fingerprint density at radius 3 is 2.39 bits per heavy atom. The summed E-state index contributed by atoms with van der Waals surface area (Å²) >= 11 is 0. The van der Waals surface area contributed by atoms with Crippen molar-refractivity contribution in [3.63, 3.8) is 0 Å². The zero-order valence-electron chi connectivity index (χ0n) is 14.3. The normalized spacial score (nSPS) is 15.3. The van der Waals surface area contributed by atoms with Gasteiger partial charge in [0.05, 0.1) is 0 Å². The average molecular weight is 317 g/mol. The quantitative estimate of drug-likeness (QED) is 0.564. The van der Waals surface area contributed by atoms with E-state index < -0.39 is 5.41 Å². The first-order chi connectivity index (χ1) is 11.0. The smallest absolute Gasteiger partial charge is 0.235 e. The minimum atomic E-state index is -0.833. The minimum Gasteiger partial charge on any atom is -0.355 e. The van der Waals surface area contributed by atoms with Crippen molar-refractivity contribution in [2.24, 2.45) is 5.41 Å². The van der Waals surface area contributed by atoms with Crippen molar-refractivity contribution in [3.05, 3.63) is 35.4 Å². The summed E-state index contributed by atoms with van der Waals surface area (Å²) in [6.45, 7) is 4.03. The molecule has 2 N–H and O–H groups in total. The zero-order valence-corrected chi connectivity index (χ0v) is 14.3. The summed E-state index contributed by atoms with van der Waals surface area (Å²) in [5.41, 5.74) is 1.40. The number of nitrogens with one attached hydrogen (secondary N) is 2. The highest BCUT2D eigenvalue weighted by molar-refractivity contribution is 6.07. The maximum absolute atomic E-state index is 12.4. The molecule has 23 heavy (non-hydrogen) atoms. The van der Waals surface area contributed by atoms with Gasteiger partial charge in [0.15, 0.2) is 0 Å². The van der Waals surface area contributed by atoms with Gasteiger partial charge < -0.3 is 15.5 Å². The monoisotopic (exact) mass is 317 g/mol. The highest BCUT2D eigenvalue weighted by atomic mass is 16.2. The van der Waals surface area contributed by atoms with Crippen molar-refractivity contribution in [1.82, 2.24) is 15.5 Å². The van der Waals surface area contributed by atoms with Gasteiger partial charge in [0.25, 0.3) is 0 Å². The number of amides is 2. The van der Waals surface area contributed by atoms with Crippen LogP contribution < -0.4 is 10.6 Å². The molecular weight excluding hydrogens is 290 g/mol. The number of hydrogen-bond acceptors (Lipinski definition) is 3. The van der Waals surface area contributed by atoms with Crippen LogP contribution in [0.1, 0.15) is 30.4 Å². The molecule has 0 heterocycles. The van der Waals surface area contributed by atoms with E-state index in [1.165, 1.54) is 0 Å². The van der Waals surface area contributed by atoms with E-state index in [-0.39, 0.29) is 11.8 Å². The number of carbonyl (C=O) groups is 2. The van der Waals surface area contributed by atoms with E-state index in [2.05, 4.69) is 15.5 Å². The zero-order chi connectivity index (χ0) is 16.9. The lowest BCUT2D eigenvalue weighted by molar-refractivity contribution is -0.137. The van der Waals surface area contributed by atoms with Crippen LogP contribution in [0, 0.1) is 12.3 Å². The molecule has 5 nitrogen and oxygen atoms in total. The van der Waals surface area contributed by atoms with Gasteiger partial charge in [0, 0.05) is 13.1 Å². The molecule has 0 aromatic heterocycles. The second-order valence-electron chi connectivity index (χ2n) is 6.60. The maximum atomic E-state index is 12.4. The van der Waals surface area contributed by atoms with Crippen molar-refractivity contribution in [2.45, 2.75) is 32.7 Å². The van der Waals surface area contributed by atoms with Gasteiger partial charge in [-0.3, -0.25) is 9.59 Å². The van der Waals surface area contributed by atoms with E-state index in [1.54, 1.807) is 0 Å². The SMILES string of the molecule is Cc1ccccc1CNC(=O)C1(C(=O)NCCCN(C)C)CC1. The van der Waals surface area contributed by atoms with Crippen LogP contribution in [0.15, 0.2) is 24.3 Å². The van der Waals surface area contributed by atoms with Gasteiger partial charge in [0.1, 0.15) is 5.41 Å². The number of carbonyl (C=O) groups excluding carboxylic acids is 2. The number of aryl methyl sites for hydroxylation is 1. The summed E-state index contributed by atoms with van der Waals surface area (Å²) in [6.07, 6.45) is 2.18. The van der Waals surface area contributed by atoms with Gasteiger partial charge in [-0.05, 0) is 58.0 Å². The molecule has 126 valence electrons. The Balaban J connectivity index is 1.81. The van der Waals surface area contributed by atoms with E-state index in [1.807, 2.05) is 45.3 Å². The summed E-state index contributed by atoms with van der Waals surface area (Å²) in [4.78, 5) is 26.8. The summed E-state index contributed by atoms with van der Waals surface area (Å²) in [6, 6.07) is 7.95. The predicted molar refractivity (Wildman–Crippen MR) is 90.9 cm³/mol. The van der Waals surface area contributed by atoms with Crippen LogP contribution in [-0.2, 0) is 16.1 Å². The standard InChI is InChI=1S/C18H27N3O2/c1-14-7-4-5-8-15(14)13-20-17(23)18(9-10-18)16(22)19-11-6-12-21(2)3/h4-5,7-8H,6,9-13H2,1-3H3,(H,19,22)(H,20,23). The topological polar surface area (TPSA) is 61.4 Å². The molecule has 0 atom stereocenters. The lowest BCUT2D eigenvalue weighted by Gasteiger charge is -2.16. The van der Waals surface area contributed by atoms with E-state index in [9.17, 15) is 9.59 Å². The molecule has 1 saturated carbocycles. The third kappa shape index (κ3) is 4.55. The molecule has 1 aromatic rings. The fourth-order valence-electron chi connectivity index (χ4n) is 2.60. The molecule has 1 aliphatic carbocycles. The Morgan fingerprint density at radius 1 is 1.13 bits per heavy atom. The largest absolute Gasteiger partial charge is 0.355 e. The van der Waals surface area contributed by atoms with E-state index in [4.69, 9.17) is 0 Å². The predicted octanol–water partition coefficient (Wildman–Crippen LogP) is 1.46. The number of nitrogens with zero attached hydrogens (tertiary/aromatic N) is 1. The molecule has 2 amide bonds. The van der Waals surface area contributed by atoms with Gasteiger partial charge in [0.2, 0.25) is 11.8 Å². The molecule has 1 fully saturated rings. The Labute approximate surface area is 138 Å². The molecule has 0 spiro atoms. The van der Waals surface area contributed by atoms with Crippen LogP contribution in [0.3, 0.4) is 0 Å². The third-order valence-electron chi connectivity index (χ3n) is 4.39. The first kappa shape index (κ1) is 17.5. The Bertz CT molecular complexity index is 565. The fraction of sp³-hybridized carbons (Fsp3) is 0.556. The molecular formula is C18H27N3O2. The number of benzene rings is 1. The molecule has 0 saturated heterocycles. The molecule has 0 bridgehead atoms. The second kappa shape index (κ2) is 7.59. The van der Waals surface area contributed by atoms with Crippen molar-refractivity contribution >= 4 is 11.8 Å². The van der Waals surface area contributed by atoms with Crippen LogP contribution in [0.25, 0.3) is 0 Å². The molecule has 1 aliphatic rings. The van der Waals surface area contributed by atoms with Crippen LogP contribution >= 0.6 is 0 Å². The van der Waals surface area contributed by atoms with E-state index in [0.717, 1.165) is 24.1 Å². The van der Waals surface area contributed by atoms with E-state index >= 15 is 0 Å². The van der Waals surface area contributed by atoms with Crippen molar-refractivity contribution in [3.8, 4) is 0 Å².